The standard InChI is InChI=1S/C37H48O4/c1-24-7-9-26(10-8-24)17-27-11-12-28-20-32(3)29(18-30(27)28)13-14-33(4)31(32)25(2)19-35(6)34(33,5)15-16-36(35)37(41-23-39-36)21-38-22-40-37/h7-12,18,25,27,31H,13-17,19-23H2,1-6H3/t25-,27?,31+,32-,33+,34-,35-,36+,37?/m0/s1. The average Bonchev–Trinajstić information content (AvgIpc) is 3.70. The van der Waals surface area contributed by atoms with Crippen LogP contribution in [0.5, 0.6) is 0 Å². The number of fused-ring (bicyclic) bond motifs is 7. The first-order chi connectivity index (χ1) is 19.5. The van der Waals surface area contributed by atoms with Gasteiger partial charge >= 0.3 is 0 Å². The Hall–Kier alpha value is -1.72. The molecule has 2 spiro atoms. The van der Waals surface area contributed by atoms with Crippen molar-refractivity contribution in [3.8, 4) is 0 Å². The van der Waals surface area contributed by atoms with Gasteiger partial charge < -0.3 is 18.9 Å². The van der Waals surface area contributed by atoms with Crippen molar-refractivity contribution in [3.05, 3.63) is 70.3 Å². The van der Waals surface area contributed by atoms with Crippen LogP contribution in [-0.2, 0) is 25.4 Å². The highest BCUT2D eigenvalue weighted by Crippen LogP contribution is 2.81. The molecular weight excluding hydrogens is 508 g/mol. The lowest BCUT2D eigenvalue weighted by atomic mass is 9.33. The van der Waals surface area contributed by atoms with E-state index in [9.17, 15) is 0 Å². The fourth-order valence-corrected chi connectivity index (χ4v) is 12.3. The minimum atomic E-state index is -0.766. The highest BCUT2D eigenvalue weighted by molar-refractivity contribution is 5.52. The first-order valence-corrected chi connectivity index (χ1v) is 16.2. The Morgan fingerprint density at radius 1 is 0.902 bits per heavy atom. The maximum Gasteiger partial charge on any atom is 0.226 e. The van der Waals surface area contributed by atoms with Crippen LogP contribution in [0.15, 0.2) is 59.2 Å². The van der Waals surface area contributed by atoms with E-state index < -0.39 is 11.4 Å². The Balaban J connectivity index is 1.15. The molecule has 5 fully saturated rings. The third kappa shape index (κ3) is 3.11. The van der Waals surface area contributed by atoms with Crippen molar-refractivity contribution in [2.24, 2.45) is 39.4 Å². The third-order valence-corrected chi connectivity index (χ3v) is 14.3. The Kier molecular flexibility index (Phi) is 5.55. The molecule has 2 aliphatic heterocycles. The summed E-state index contributed by atoms with van der Waals surface area (Å²) in [5.41, 5.74) is 7.67. The van der Waals surface area contributed by atoms with Crippen LogP contribution in [0.2, 0.25) is 0 Å². The number of allylic oxidation sites excluding steroid dienone is 6. The van der Waals surface area contributed by atoms with Crippen molar-refractivity contribution in [1.82, 2.24) is 0 Å². The van der Waals surface area contributed by atoms with Crippen LogP contribution in [0.3, 0.4) is 0 Å². The molecule has 3 saturated carbocycles. The predicted molar refractivity (Wildman–Crippen MR) is 160 cm³/mol. The Labute approximate surface area is 246 Å². The molecule has 4 heteroatoms. The van der Waals surface area contributed by atoms with Crippen molar-refractivity contribution in [2.75, 3.05) is 20.2 Å². The second-order valence-corrected chi connectivity index (χ2v) is 15.7. The molecule has 4 nitrogen and oxygen atoms in total. The molecule has 1 aromatic rings. The molecule has 41 heavy (non-hydrogen) atoms. The molecule has 1 aromatic carbocycles. The van der Waals surface area contributed by atoms with Crippen LogP contribution in [-0.4, -0.2) is 31.6 Å². The summed E-state index contributed by atoms with van der Waals surface area (Å²) in [6.07, 6.45) is 15.6. The van der Waals surface area contributed by atoms with Crippen LogP contribution in [0.1, 0.15) is 84.3 Å². The zero-order valence-corrected chi connectivity index (χ0v) is 26.0. The Bertz CT molecular complexity index is 1360. The van der Waals surface area contributed by atoms with Gasteiger partial charge in [-0.1, -0.05) is 88.2 Å². The van der Waals surface area contributed by atoms with E-state index in [1.165, 1.54) is 30.4 Å². The van der Waals surface area contributed by atoms with Crippen LogP contribution < -0.4 is 0 Å². The lowest BCUT2D eigenvalue weighted by Crippen LogP contribution is -2.70. The lowest BCUT2D eigenvalue weighted by Gasteiger charge is -2.71. The van der Waals surface area contributed by atoms with Gasteiger partial charge in [0, 0.05) is 11.3 Å². The predicted octanol–water partition coefficient (Wildman–Crippen LogP) is 8.06. The van der Waals surface area contributed by atoms with Gasteiger partial charge in [-0.3, -0.25) is 0 Å². The van der Waals surface area contributed by atoms with E-state index in [4.69, 9.17) is 18.9 Å². The highest BCUT2D eigenvalue weighted by atomic mass is 16.9. The number of benzene rings is 1. The number of aryl methyl sites for hydroxylation is 1. The number of hydrogen-bond donors (Lipinski definition) is 0. The third-order valence-electron chi connectivity index (χ3n) is 14.3. The second-order valence-electron chi connectivity index (χ2n) is 15.7. The van der Waals surface area contributed by atoms with E-state index in [1.54, 1.807) is 16.7 Å². The van der Waals surface area contributed by atoms with Crippen LogP contribution in [0.25, 0.3) is 0 Å². The largest absolute Gasteiger partial charge is 0.350 e. The van der Waals surface area contributed by atoms with Gasteiger partial charge in [-0.25, -0.2) is 0 Å². The van der Waals surface area contributed by atoms with Crippen molar-refractivity contribution in [3.63, 3.8) is 0 Å². The smallest absolute Gasteiger partial charge is 0.226 e. The molecule has 220 valence electrons. The number of ether oxygens (including phenoxy) is 4. The Morgan fingerprint density at radius 3 is 2.44 bits per heavy atom. The molecule has 2 unspecified atom stereocenters. The lowest BCUT2D eigenvalue weighted by molar-refractivity contribution is -0.281. The molecule has 0 bridgehead atoms. The molecule has 5 aliphatic carbocycles. The van der Waals surface area contributed by atoms with Gasteiger partial charge in [-0.05, 0) is 96.7 Å². The van der Waals surface area contributed by atoms with Gasteiger partial charge in [0.1, 0.15) is 12.2 Å². The first kappa shape index (κ1) is 26.9. The van der Waals surface area contributed by atoms with Crippen molar-refractivity contribution in [1.29, 1.82) is 0 Å². The minimum Gasteiger partial charge on any atom is -0.350 e. The van der Waals surface area contributed by atoms with Gasteiger partial charge in [-0.2, -0.15) is 0 Å². The van der Waals surface area contributed by atoms with Crippen molar-refractivity contribution >= 4 is 0 Å². The Morgan fingerprint density at radius 2 is 1.68 bits per heavy atom. The maximum atomic E-state index is 6.75. The summed E-state index contributed by atoms with van der Waals surface area (Å²) in [6, 6.07) is 9.14. The molecule has 0 radical (unpaired) electrons. The maximum absolute atomic E-state index is 6.75. The molecule has 0 N–H and O–H groups in total. The van der Waals surface area contributed by atoms with E-state index in [-0.39, 0.29) is 21.7 Å². The zero-order chi connectivity index (χ0) is 28.5. The summed E-state index contributed by atoms with van der Waals surface area (Å²) >= 11 is 0. The van der Waals surface area contributed by atoms with Gasteiger partial charge in [0.2, 0.25) is 5.79 Å². The quantitative estimate of drug-likeness (QED) is 0.369. The summed E-state index contributed by atoms with van der Waals surface area (Å²) in [4.78, 5) is 0. The molecular formula is C37H48O4. The van der Waals surface area contributed by atoms with Crippen molar-refractivity contribution in [2.45, 2.75) is 97.9 Å². The van der Waals surface area contributed by atoms with E-state index in [0.29, 0.717) is 37.9 Å². The van der Waals surface area contributed by atoms with E-state index in [2.05, 4.69) is 84.0 Å². The number of hydrogen-bond acceptors (Lipinski definition) is 4. The molecule has 8 rings (SSSR count). The normalized spacial score (nSPS) is 49.8. The average molecular weight is 557 g/mol. The van der Waals surface area contributed by atoms with Gasteiger partial charge in [0.25, 0.3) is 0 Å². The summed E-state index contributed by atoms with van der Waals surface area (Å²) in [5.74, 6) is 0.932. The molecule has 0 amide bonds. The van der Waals surface area contributed by atoms with E-state index in [0.717, 1.165) is 25.7 Å². The van der Waals surface area contributed by atoms with Crippen molar-refractivity contribution < 1.29 is 18.9 Å². The first-order valence-electron chi connectivity index (χ1n) is 16.2. The molecule has 2 heterocycles. The van der Waals surface area contributed by atoms with Gasteiger partial charge in [0.05, 0.1) is 0 Å². The fraction of sp³-hybridized carbons (Fsp3) is 0.676. The molecule has 0 aromatic heterocycles. The minimum absolute atomic E-state index is 0.0576. The fourth-order valence-electron chi connectivity index (χ4n) is 12.3. The molecule has 7 aliphatic rings. The van der Waals surface area contributed by atoms with E-state index >= 15 is 0 Å². The summed E-state index contributed by atoms with van der Waals surface area (Å²) in [5, 5.41) is 0. The molecule has 2 saturated heterocycles. The van der Waals surface area contributed by atoms with Gasteiger partial charge in [-0.15, -0.1) is 0 Å². The highest BCUT2D eigenvalue weighted by Gasteiger charge is 2.82. The summed E-state index contributed by atoms with van der Waals surface area (Å²) in [6.45, 7) is 16.2. The van der Waals surface area contributed by atoms with Crippen LogP contribution >= 0.6 is 0 Å². The number of rotatable bonds is 2. The summed E-state index contributed by atoms with van der Waals surface area (Å²) < 4.78 is 25.2. The monoisotopic (exact) mass is 556 g/mol. The van der Waals surface area contributed by atoms with Crippen LogP contribution in [0.4, 0.5) is 0 Å². The van der Waals surface area contributed by atoms with E-state index in [1.807, 2.05) is 0 Å². The topological polar surface area (TPSA) is 36.9 Å². The molecule has 9 atom stereocenters. The van der Waals surface area contributed by atoms with Crippen LogP contribution in [0, 0.1) is 46.3 Å². The SMILES string of the molecule is Cc1ccc(CC2C=CC3=C2C=C2CC[C@]4(C)[C@H]([C@@H](C)C[C@@]5(C)[C@@]4(C)CC[C@@]54OCOC45COCO5)[C@@]2(C)C3)cc1. The van der Waals surface area contributed by atoms with Gasteiger partial charge in [0.15, 0.2) is 13.6 Å². The second kappa shape index (κ2) is 8.46. The summed E-state index contributed by atoms with van der Waals surface area (Å²) in [7, 11) is 0. The zero-order valence-electron chi connectivity index (χ0n) is 26.0.